The first kappa shape index (κ1) is 17.9. The summed E-state index contributed by atoms with van der Waals surface area (Å²) in [4.78, 5) is 23.2. The Labute approximate surface area is 126 Å². The lowest BCUT2D eigenvalue weighted by Crippen LogP contribution is -2.31. The van der Waals surface area contributed by atoms with Crippen LogP contribution in [0.25, 0.3) is 0 Å². The van der Waals surface area contributed by atoms with Crippen molar-refractivity contribution >= 4 is 11.9 Å². The van der Waals surface area contributed by atoms with Gasteiger partial charge < -0.3 is 18.9 Å². The van der Waals surface area contributed by atoms with Crippen LogP contribution >= 0.6 is 0 Å². The summed E-state index contributed by atoms with van der Waals surface area (Å²) >= 11 is 0. The lowest BCUT2D eigenvalue weighted by Gasteiger charge is -2.28. The van der Waals surface area contributed by atoms with Crippen molar-refractivity contribution in [3.63, 3.8) is 0 Å². The number of rotatable bonds is 7. The van der Waals surface area contributed by atoms with Crippen LogP contribution in [0.2, 0.25) is 0 Å². The number of esters is 2. The molecule has 0 saturated carbocycles. The number of hydrogen-bond donors (Lipinski definition) is 0. The minimum Gasteiger partial charge on any atom is -0.468 e. The maximum atomic E-state index is 11.6. The summed E-state index contributed by atoms with van der Waals surface area (Å²) in [6.45, 7) is 4.39. The lowest BCUT2D eigenvalue weighted by molar-refractivity contribution is -0.194. The van der Waals surface area contributed by atoms with Crippen LogP contribution < -0.4 is 0 Å². The van der Waals surface area contributed by atoms with Gasteiger partial charge in [-0.3, -0.25) is 9.59 Å². The molecule has 0 bridgehead atoms. The molecule has 6 heteroatoms. The van der Waals surface area contributed by atoms with Crippen molar-refractivity contribution in [2.24, 2.45) is 11.8 Å². The van der Waals surface area contributed by atoms with Crippen LogP contribution in [0.1, 0.15) is 39.5 Å². The summed E-state index contributed by atoms with van der Waals surface area (Å²) in [6, 6.07) is 0. The van der Waals surface area contributed by atoms with Crippen molar-refractivity contribution in [3.05, 3.63) is 0 Å². The molecule has 1 heterocycles. The average Bonchev–Trinajstić information content (AvgIpc) is 2.49. The van der Waals surface area contributed by atoms with E-state index in [4.69, 9.17) is 9.47 Å². The van der Waals surface area contributed by atoms with Gasteiger partial charge in [-0.1, -0.05) is 6.92 Å². The van der Waals surface area contributed by atoms with Gasteiger partial charge in [0.05, 0.1) is 26.9 Å². The number of methoxy groups -OCH3 is 2. The molecule has 21 heavy (non-hydrogen) atoms. The lowest BCUT2D eigenvalue weighted by atomic mass is 9.96. The van der Waals surface area contributed by atoms with Crippen LogP contribution in [0.5, 0.6) is 0 Å². The molecule has 1 aliphatic heterocycles. The summed E-state index contributed by atoms with van der Waals surface area (Å²) in [5, 5.41) is 0. The molecule has 0 spiro atoms. The van der Waals surface area contributed by atoms with Crippen LogP contribution in [0.15, 0.2) is 0 Å². The number of ether oxygens (including phenoxy) is 4. The molecular formula is C15H26O6. The third-order valence-electron chi connectivity index (χ3n) is 3.61. The van der Waals surface area contributed by atoms with E-state index in [1.165, 1.54) is 14.2 Å². The Kier molecular flexibility index (Phi) is 7.67. The van der Waals surface area contributed by atoms with Gasteiger partial charge in [0.2, 0.25) is 0 Å². The second kappa shape index (κ2) is 9.00. The van der Waals surface area contributed by atoms with Crippen LogP contribution in [0.3, 0.4) is 0 Å². The summed E-state index contributed by atoms with van der Waals surface area (Å²) in [5.74, 6) is -2.02. The van der Waals surface area contributed by atoms with E-state index < -0.39 is 17.9 Å². The van der Waals surface area contributed by atoms with Crippen molar-refractivity contribution in [1.29, 1.82) is 0 Å². The minimum atomic E-state index is -0.898. The molecule has 1 fully saturated rings. The summed E-state index contributed by atoms with van der Waals surface area (Å²) in [7, 11) is 2.52. The Morgan fingerprint density at radius 1 is 1.19 bits per heavy atom. The number of carbonyl (C=O) groups is 2. The van der Waals surface area contributed by atoms with E-state index in [2.05, 4.69) is 9.47 Å². The Bertz CT molecular complexity index is 327. The van der Waals surface area contributed by atoms with Gasteiger partial charge >= 0.3 is 11.9 Å². The third kappa shape index (κ3) is 6.01. The first-order valence-corrected chi connectivity index (χ1v) is 7.40. The second-order valence-electron chi connectivity index (χ2n) is 5.58. The molecule has 3 unspecified atom stereocenters. The average molecular weight is 302 g/mol. The maximum Gasteiger partial charge on any atom is 0.320 e. The third-order valence-corrected chi connectivity index (χ3v) is 3.61. The Balaban J connectivity index is 2.40. The van der Waals surface area contributed by atoms with Gasteiger partial charge in [0.25, 0.3) is 0 Å². The first-order chi connectivity index (χ1) is 9.97. The zero-order valence-electron chi connectivity index (χ0n) is 13.3. The maximum absolute atomic E-state index is 11.6. The predicted octanol–water partition coefficient (Wildman–Crippen LogP) is 1.91. The van der Waals surface area contributed by atoms with E-state index in [9.17, 15) is 9.59 Å². The monoisotopic (exact) mass is 302 g/mol. The molecule has 1 saturated heterocycles. The first-order valence-electron chi connectivity index (χ1n) is 7.40. The predicted molar refractivity (Wildman–Crippen MR) is 75.4 cm³/mol. The van der Waals surface area contributed by atoms with Gasteiger partial charge in [-0.2, -0.15) is 0 Å². The highest BCUT2D eigenvalue weighted by atomic mass is 16.7. The molecule has 0 N–H and O–H groups in total. The molecule has 6 nitrogen and oxygen atoms in total. The fraction of sp³-hybridized carbons (Fsp3) is 0.867. The molecule has 1 aliphatic rings. The molecule has 0 aliphatic carbocycles. The largest absolute Gasteiger partial charge is 0.468 e. The van der Waals surface area contributed by atoms with Crippen molar-refractivity contribution in [1.82, 2.24) is 0 Å². The molecule has 0 amide bonds. The van der Waals surface area contributed by atoms with Crippen molar-refractivity contribution in [2.75, 3.05) is 20.8 Å². The Morgan fingerprint density at radius 2 is 1.81 bits per heavy atom. The zero-order chi connectivity index (χ0) is 15.8. The van der Waals surface area contributed by atoms with Crippen LogP contribution in [0, 0.1) is 11.8 Å². The van der Waals surface area contributed by atoms with E-state index in [1.54, 1.807) is 0 Å². The van der Waals surface area contributed by atoms with Gasteiger partial charge in [-0.15, -0.1) is 0 Å². The van der Waals surface area contributed by atoms with Crippen molar-refractivity contribution in [2.45, 2.75) is 51.9 Å². The van der Waals surface area contributed by atoms with E-state index in [0.29, 0.717) is 13.0 Å². The minimum absolute atomic E-state index is 0.0223. The molecule has 3 atom stereocenters. The number of hydrogen-bond acceptors (Lipinski definition) is 6. The Morgan fingerprint density at radius 3 is 2.33 bits per heavy atom. The van der Waals surface area contributed by atoms with Crippen molar-refractivity contribution < 1.29 is 28.5 Å². The van der Waals surface area contributed by atoms with Gasteiger partial charge in [-0.05, 0) is 38.5 Å². The SMILES string of the molecule is COC(=O)C(CC(C)COC1CCCC(C)O1)C(=O)OC. The molecule has 0 aromatic carbocycles. The van der Waals surface area contributed by atoms with Gasteiger partial charge in [0.15, 0.2) is 12.2 Å². The molecule has 122 valence electrons. The van der Waals surface area contributed by atoms with E-state index in [0.717, 1.165) is 19.3 Å². The van der Waals surface area contributed by atoms with Gasteiger partial charge in [-0.25, -0.2) is 0 Å². The normalized spacial score (nSPS) is 23.7. The van der Waals surface area contributed by atoms with Gasteiger partial charge in [0, 0.05) is 0 Å². The van der Waals surface area contributed by atoms with E-state index in [1.807, 2.05) is 13.8 Å². The smallest absolute Gasteiger partial charge is 0.320 e. The summed E-state index contributed by atoms with van der Waals surface area (Å²) in [6.07, 6.45) is 3.40. The van der Waals surface area contributed by atoms with E-state index in [-0.39, 0.29) is 18.3 Å². The fourth-order valence-electron chi connectivity index (χ4n) is 2.40. The van der Waals surface area contributed by atoms with Crippen LogP contribution in [0.4, 0.5) is 0 Å². The van der Waals surface area contributed by atoms with Crippen molar-refractivity contribution in [3.8, 4) is 0 Å². The zero-order valence-corrected chi connectivity index (χ0v) is 13.3. The molecule has 1 rings (SSSR count). The number of carbonyl (C=O) groups excluding carboxylic acids is 2. The van der Waals surface area contributed by atoms with Gasteiger partial charge in [0.1, 0.15) is 0 Å². The molecular weight excluding hydrogens is 276 g/mol. The molecule has 0 radical (unpaired) electrons. The quantitative estimate of drug-likeness (QED) is 0.528. The highest BCUT2D eigenvalue weighted by Gasteiger charge is 2.30. The topological polar surface area (TPSA) is 71.1 Å². The van der Waals surface area contributed by atoms with Crippen LogP contribution in [-0.4, -0.2) is 45.2 Å². The summed E-state index contributed by atoms with van der Waals surface area (Å²) in [5.41, 5.74) is 0. The molecule has 0 aromatic heterocycles. The summed E-state index contributed by atoms with van der Waals surface area (Å²) < 4.78 is 20.7. The highest BCUT2D eigenvalue weighted by Crippen LogP contribution is 2.21. The second-order valence-corrected chi connectivity index (χ2v) is 5.58. The van der Waals surface area contributed by atoms with Crippen LogP contribution in [-0.2, 0) is 28.5 Å². The standard InChI is InChI=1S/C15H26O6/c1-10(8-12(14(16)18-3)15(17)19-4)9-20-13-7-5-6-11(2)21-13/h10-13H,5-9H2,1-4H3. The fourth-order valence-corrected chi connectivity index (χ4v) is 2.40. The molecule has 0 aromatic rings. The van der Waals surface area contributed by atoms with E-state index >= 15 is 0 Å². The highest BCUT2D eigenvalue weighted by molar-refractivity contribution is 5.94. The Hall–Kier alpha value is -1.14.